The van der Waals surface area contributed by atoms with Gasteiger partial charge in [0, 0.05) is 28.6 Å². The van der Waals surface area contributed by atoms with Crippen molar-refractivity contribution in [3.63, 3.8) is 0 Å². The van der Waals surface area contributed by atoms with Crippen LogP contribution in [0.15, 0.2) is 71.5 Å². The van der Waals surface area contributed by atoms with Crippen LogP contribution in [-0.4, -0.2) is 31.9 Å². The molecule has 0 aliphatic carbocycles. The minimum Gasteiger partial charge on any atom is -0.496 e. The lowest BCUT2D eigenvalue weighted by Crippen LogP contribution is -2.32. The lowest BCUT2D eigenvalue weighted by molar-refractivity contribution is -0.135. The molecule has 0 fully saturated rings. The van der Waals surface area contributed by atoms with Gasteiger partial charge < -0.3 is 18.9 Å². The van der Waals surface area contributed by atoms with Crippen LogP contribution < -0.4 is 24.5 Å². The maximum absolute atomic E-state index is 14.1. The highest BCUT2D eigenvalue weighted by molar-refractivity contribution is 5.92. The van der Waals surface area contributed by atoms with Crippen LogP contribution in [-0.2, 0) is 4.79 Å². The third-order valence-corrected chi connectivity index (χ3v) is 6.13. The number of hydrogen-bond donors (Lipinski definition) is 0. The number of pyridine rings is 1. The Bertz CT molecular complexity index is 1460. The molecule has 4 aromatic rings. The molecule has 7 nitrogen and oxygen atoms in total. The van der Waals surface area contributed by atoms with Gasteiger partial charge in [-0.1, -0.05) is 30.3 Å². The number of para-hydroxylation sites is 2. The smallest absolute Gasteiger partial charge is 0.312 e. The van der Waals surface area contributed by atoms with E-state index in [0.29, 0.717) is 39.3 Å². The Morgan fingerprint density at radius 1 is 0.824 bits per heavy atom. The van der Waals surface area contributed by atoms with Gasteiger partial charge in [-0.3, -0.25) is 14.2 Å². The quantitative estimate of drug-likeness (QED) is 0.412. The standard InChI is InChI=1S/C27H23NO6/c1-31-21-15-23(33-3)22(32-2)13-18(21)19-14-24(29)34-26-17-11-7-8-12-20(17)28(27(30)25(19)26)16-9-5-4-6-10-16/h4-13,15,19H,14H2,1-3H3. The van der Waals surface area contributed by atoms with Crippen molar-refractivity contribution in [2.75, 3.05) is 21.3 Å². The van der Waals surface area contributed by atoms with Crippen LogP contribution in [0, 0.1) is 0 Å². The summed E-state index contributed by atoms with van der Waals surface area (Å²) in [6.45, 7) is 0. The van der Waals surface area contributed by atoms with E-state index in [4.69, 9.17) is 18.9 Å². The Balaban J connectivity index is 1.86. The Morgan fingerprint density at radius 3 is 2.18 bits per heavy atom. The van der Waals surface area contributed by atoms with Crippen molar-refractivity contribution in [1.82, 2.24) is 4.57 Å². The summed E-state index contributed by atoms with van der Waals surface area (Å²) >= 11 is 0. The van der Waals surface area contributed by atoms with Crippen LogP contribution in [0.4, 0.5) is 0 Å². The van der Waals surface area contributed by atoms with Crippen molar-refractivity contribution >= 4 is 16.9 Å². The van der Waals surface area contributed by atoms with E-state index in [1.54, 1.807) is 16.7 Å². The number of hydrogen-bond acceptors (Lipinski definition) is 6. The largest absolute Gasteiger partial charge is 0.496 e. The summed E-state index contributed by atoms with van der Waals surface area (Å²) in [5.74, 6) is 0.715. The van der Waals surface area contributed by atoms with E-state index in [9.17, 15) is 9.59 Å². The van der Waals surface area contributed by atoms with E-state index in [0.717, 1.165) is 5.69 Å². The third-order valence-electron chi connectivity index (χ3n) is 6.13. The molecule has 5 rings (SSSR count). The topological polar surface area (TPSA) is 76.0 Å². The molecule has 2 heterocycles. The summed E-state index contributed by atoms with van der Waals surface area (Å²) in [5, 5.41) is 0.679. The molecule has 0 saturated carbocycles. The van der Waals surface area contributed by atoms with Crippen LogP contribution in [0.25, 0.3) is 16.6 Å². The first-order valence-corrected chi connectivity index (χ1v) is 10.8. The molecular weight excluding hydrogens is 434 g/mol. The number of carbonyl (C=O) groups is 1. The average Bonchev–Trinajstić information content (AvgIpc) is 2.88. The monoisotopic (exact) mass is 457 g/mol. The number of carbonyl (C=O) groups excluding carboxylic acids is 1. The van der Waals surface area contributed by atoms with Gasteiger partial charge in [0.25, 0.3) is 5.56 Å². The number of benzene rings is 3. The van der Waals surface area contributed by atoms with Crippen LogP contribution in [0.3, 0.4) is 0 Å². The molecule has 34 heavy (non-hydrogen) atoms. The Morgan fingerprint density at radius 2 is 1.47 bits per heavy atom. The van der Waals surface area contributed by atoms with Crippen LogP contribution >= 0.6 is 0 Å². The van der Waals surface area contributed by atoms with Gasteiger partial charge in [0.2, 0.25) is 0 Å². The van der Waals surface area contributed by atoms with Crippen molar-refractivity contribution in [2.24, 2.45) is 0 Å². The Kier molecular flexibility index (Phi) is 5.45. The fourth-order valence-electron chi connectivity index (χ4n) is 4.60. The van der Waals surface area contributed by atoms with E-state index in [2.05, 4.69) is 0 Å². The fourth-order valence-corrected chi connectivity index (χ4v) is 4.60. The molecule has 7 heteroatoms. The Hall–Kier alpha value is -4.26. The molecule has 0 saturated heterocycles. The minimum atomic E-state index is -0.599. The number of nitrogens with zero attached hydrogens (tertiary/aromatic N) is 1. The normalized spacial score (nSPS) is 14.9. The average molecular weight is 457 g/mol. The molecule has 1 aromatic heterocycles. The maximum atomic E-state index is 14.1. The van der Waals surface area contributed by atoms with Crippen molar-refractivity contribution in [3.05, 3.63) is 88.2 Å². The molecule has 1 atom stereocenters. The third kappa shape index (κ3) is 3.37. The van der Waals surface area contributed by atoms with Gasteiger partial charge >= 0.3 is 5.97 Å². The van der Waals surface area contributed by atoms with E-state index in [1.165, 1.54) is 21.3 Å². The first-order chi connectivity index (χ1) is 16.6. The van der Waals surface area contributed by atoms with Gasteiger partial charge in [-0.05, 0) is 30.3 Å². The second-order valence-corrected chi connectivity index (χ2v) is 7.92. The highest BCUT2D eigenvalue weighted by Crippen LogP contribution is 2.46. The zero-order valence-electron chi connectivity index (χ0n) is 19.0. The molecule has 0 amide bonds. The summed E-state index contributed by atoms with van der Waals surface area (Å²) < 4.78 is 23.9. The van der Waals surface area contributed by atoms with Crippen molar-refractivity contribution in [3.8, 4) is 28.7 Å². The summed E-state index contributed by atoms with van der Waals surface area (Å²) in [7, 11) is 4.61. The summed E-state index contributed by atoms with van der Waals surface area (Å²) in [4.78, 5) is 26.8. The number of esters is 1. The zero-order chi connectivity index (χ0) is 23.8. The van der Waals surface area contributed by atoms with Gasteiger partial charge in [-0.15, -0.1) is 0 Å². The number of fused-ring (bicyclic) bond motifs is 3. The summed E-state index contributed by atoms with van der Waals surface area (Å²) in [5.41, 5.74) is 2.17. The summed E-state index contributed by atoms with van der Waals surface area (Å²) in [6.07, 6.45) is -0.0127. The molecule has 0 spiro atoms. The predicted octanol–water partition coefficient (Wildman–Crippen LogP) is 4.46. The van der Waals surface area contributed by atoms with E-state index >= 15 is 0 Å². The SMILES string of the molecule is COc1cc(OC)c(C2CC(=O)Oc3c2c(=O)n(-c2ccccc2)c2ccccc32)cc1OC. The van der Waals surface area contributed by atoms with E-state index in [1.807, 2.05) is 54.6 Å². The number of methoxy groups -OCH3 is 3. The van der Waals surface area contributed by atoms with Gasteiger partial charge in [0.1, 0.15) is 11.5 Å². The molecule has 1 aliphatic heterocycles. The van der Waals surface area contributed by atoms with Gasteiger partial charge in [0.15, 0.2) is 11.5 Å². The van der Waals surface area contributed by atoms with Gasteiger partial charge in [0.05, 0.1) is 38.8 Å². The number of aromatic nitrogens is 1. The van der Waals surface area contributed by atoms with Crippen molar-refractivity contribution in [1.29, 1.82) is 0 Å². The number of ether oxygens (including phenoxy) is 4. The van der Waals surface area contributed by atoms with Crippen molar-refractivity contribution in [2.45, 2.75) is 12.3 Å². The lowest BCUT2D eigenvalue weighted by Gasteiger charge is -2.28. The highest BCUT2D eigenvalue weighted by Gasteiger charge is 2.36. The van der Waals surface area contributed by atoms with E-state index < -0.39 is 11.9 Å². The van der Waals surface area contributed by atoms with Crippen LogP contribution in [0.5, 0.6) is 23.0 Å². The fraction of sp³-hybridized carbons (Fsp3) is 0.185. The molecule has 3 aromatic carbocycles. The lowest BCUT2D eigenvalue weighted by atomic mass is 9.85. The summed E-state index contributed by atoms with van der Waals surface area (Å²) in [6, 6.07) is 20.3. The first kappa shape index (κ1) is 21.6. The molecule has 0 radical (unpaired) electrons. The predicted molar refractivity (Wildman–Crippen MR) is 128 cm³/mol. The minimum absolute atomic E-state index is 0.0127. The maximum Gasteiger partial charge on any atom is 0.312 e. The number of rotatable bonds is 5. The molecule has 1 unspecified atom stereocenters. The second-order valence-electron chi connectivity index (χ2n) is 7.92. The van der Waals surface area contributed by atoms with Gasteiger partial charge in [-0.25, -0.2) is 0 Å². The Labute approximate surface area is 196 Å². The van der Waals surface area contributed by atoms with Crippen molar-refractivity contribution < 1.29 is 23.7 Å². The zero-order valence-corrected chi connectivity index (χ0v) is 19.0. The van der Waals surface area contributed by atoms with Crippen LogP contribution in [0.2, 0.25) is 0 Å². The molecule has 1 aliphatic rings. The van der Waals surface area contributed by atoms with Gasteiger partial charge in [-0.2, -0.15) is 0 Å². The molecule has 0 bridgehead atoms. The second kappa shape index (κ2) is 8.59. The first-order valence-electron chi connectivity index (χ1n) is 10.8. The van der Waals surface area contributed by atoms with E-state index in [-0.39, 0.29) is 17.7 Å². The molecular formula is C27H23NO6. The van der Waals surface area contributed by atoms with Crippen LogP contribution in [0.1, 0.15) is 23.5 Å². The molecule has 172 valence electrons. The molecule has 0 N–H and O–H groups in total. The highest BCUT2D eigenvalue weighted by atomic mass is 16.5.